The molecule has 0 saturated carbocycles. The van der Waals surface area contributed by atoms with Crippen molar-refractivity contribution in [1.29, 1.82) is 0 Å². The summed E-state index contributed by atoms with van der Waals surface area (Å²) in [6.07, 6.45) is 5.28. The minimum atomic E-state index is -0.793. The first kappa shape index (κ1) is 24.4. The highest BCUT2D eigenvalue weighted by Crippen LogP contribution is 2.42. The average Bonchev–Trinajstić information content (AvgIpc) is 3.18. The van der Waals surface area contributed by atoms with Crippen molar-refractivity contribution < 1.29 is 28.9 Å². The molecule has 8 nitrogen and oxygen atoms in total. The lowest BCUT2D eigenvalue weighted by Gasteiger charge is -2.25. The minimum absolute atomic E-state index is 0.0187. The zero-order valence-corrected chi connectivity index (χ0v) is 20.6. The monoisotopic (exact) mass is 500 g/mol. The number of fused-ring (bicyclic) bond motifs is 1. The number of amides is 1. The summed E-state index contributed by atoms with van der Waals surface area (Å²) in [7, 11) is 0. The summed E-state index contributed by atoms with van der Waals surface area (Å²) in [6.45, 7) is 3.70. The number of ketones is 1. The van der Waals surface area contributed by atoms with E-state index < -0.39 is 17.7 Å². The van der Waals surface area contributed by atoms with E-state index >= 15 is 0 Å². The maximum Gasteiger partial charge on any atom is 0.295 e. The van der Waals surface area contributed by atoms with Crippen molar-refractivity contribution in [2.75, 3.05) is 19.8 Å². The Bertz CT molecular complexity index is 1320. The Morgan fingerprint density at radius 2 is 1.86 bits per heavy atom. The Hall–Kier alpha value is -4.33. The van der Waals surface area contributed by atoms with Crippen LogP contribution in [0.5, 0.6) is 17.2 Å². The third kappa shape index (κ3) is 5.00. The van der Waals surface area contributed by atoms with E-state index in [2.05, 4.69) is 11.9 Å². The maximum atomic E-state index is 13.3. The lowest BCUT2D eigenvalue weighted by Crippen LogP contribution is -2.29. The van der Waals surface area contributed by atoms with E-state index in [9.17, 15) is 14.7 Å². The maximum absolute atomic E-state index is 13.3. The molecule has 8 heteroatoms. The van der Waals surface area contributed by atoms with E-state index in [-0.39, 0.29) is 17.9 Å². The molecule has 1 unspecified atom stereocenters. The van der Waals surface area contributed by atoms with E-state index in [0.29, 0.717) is 48.2 Å². The molecule has 1 fully saturated rings. The van der Waals surface area contributed by atoms with Crippen LogP contribution in [0.15, 0.2) is 72.6 Å². The van der Waals surface area contributed by atoms with Crippen LogP contribution in [0.4, 0.5) is 0 Å². The predicted molar refractivity (Wildman–Crippen MR) is 136 cm³/mol. The number of aliphatic hydroxyl groups excluding tert-OH is 1. The number of pyridine rings is 1. The number of benzene rings is 2. The molecule has 1 N–H and O–H groups in total. The van der Waals surface area contributed by atoms with Crippen LogP contribution in [0.1, 0.15) is 42.5 Å². The van der Waals surface area contributed by atoms with Crippen LogP contribution in [-0.4, -0.2) is 46.5 Å². The van der Waals surface area contributed by atoms with Crippen LogP contribution < -0.4 is 14.2 Å². The van der Waals surface area contributed by atoms with Crippen molar-refractivity contribution >= 4 is 17.4 Å². The second-order valence-electron chi connectivity index (χ2n) is 8.92. The molecule has 37 heavy (non-hydrogen) atoms. The number of Topliss-reactive ketones (excluding diaryl/α,β-unsaturated/α-hetero) is 1. The molecule has 3 heterocycles. The molecule has 0 radical (unpaired) electrons. The third-order valence-corrected chi connectivity index (χ3v) is 6.39. The predicted octanol–water partition coefficient (Wildman–Crippen LogP) is 4.65. The first-order chi connectivity index (χ1) is 18.1. The van der Waals surface area contributed by atoms with Crippen LogP contribution >= 0.6 is 0 Å². The number of rotatable bonds is 8. The number of hydrogen-bond acceptors (Lipinski definition) is 7. The number of ether oxygens (including phenoxy) is 3. The third-order valence-electron chi connectivity index (χ3n) is 6.39. The minimum Gasteiger partial charge on any atom is -0.507 e. The van der Waals surface area contributed by atoms with Crippen molar-refractivity contribution in [3.8, 4) is 17.2 Å². The summed E-state index contributed by atoms with van der Waals surface area (Å²) < 4.78 is 17.0. The molecule has 0 spiro atoms. The standard InChI is InChI=1S/C29H28N2O6/c1-2-3-13-35-22-9-6-20(7-10-22)26-25(27(32)21-8-11-23-24(16-21)37-15-14-36-23)28(33)29(34)31(26)18-19-5-4-12-30-17-19/h4-12,16-17,26,32H,2-3,13-15,18H2,1H3. The Balaban J connectivity index is 1.56. The van der Waals surface area contributed by atoms with Gasteiger partial charge in [-0.2, -0.15) is 0 Å². The number of carbonyl (C=O) groups is 2. The van der Waals surface area contributed by atoms with Crippen molar-refractivity contribution in [2.24, 2.45) is 0 Å². The number of carbonyl (C=O) groups excluding carboxylic acids is 2. The Kier molecular flexibility index (Phi) is 7.07. The fraction of sp³-hybridized carbons (Fsp3) is 0.276. The van der Waals surface area contributed by atoms with Gasteiger partial charge in [-0.25, -0.2) is 0 Å². The molecule has 1 aromatic heterocycles. The number of nitrogens with zero attached hydrogens (tertiary/aromatic N) is 2. The number of unbranched alkanes of at least 4 members (excludes halogenated alkanes) is 1. The van der Waals surface area contributed by atoms with Gasteiger partial charge in [0.15, 0.2) is 11.5 Å². The van der Waals surface area contributed by atoms with Crippen LogP contribution in [0.3, 0.4) is 0 Å². The fourth-order valence-corrected chi connectivity index (χ4v) is 4.50. The first-order valence-electron chi connectivity index (χ1n) is 12.4. The SMILES string of the molecule is CCCCOc1ccc(C2C(=C(O)c3ccc4c(c3)OCCO4)C(=O)C(=O)N2Cc2cccnc2)cc1. The number of aliphatic hydroxyl groups is 1. The number of likely N-dealkylation sites (tertiary alicyclic amines) is 1. The van der Waals surface area contributed by atoms with Crippen LogP contribution in [-0.2, 0) is 16.1 Å². The van der Waals surface area contributed by atoms with E-state index in [0.717, 1.165) is 18.4 Å². The van der Waals surface area contributed by atoms with Gasteiger partial charge in [-0.05, 0) is 53.9 Å². The summed E-state index contributed by atoms with van der Waals surface area (Å²) in [6, 6.07) is 15.1. The highest BCUT2D eigenvalue weighted by Gasteiger charge is 2.46. The average molecular weight is 501 g/mol. The van der Waals surface area contributed by atoms with Crippen LogP contribution in [0.2, 0.25) is 0 Å². The summed E-state index contributed by atoms with van der Waals surface area (Å²) >= 11 is 0. The van der Waals surface area contributed by atoms with Gasteiger partial charge in [0.25, 0.3) is 11.7 Å². The Morgan fingerprint density at radius 3 is 2.59 bits per heavy atom. The summed E-state index contributed by atoms with van der Waals surface area (Å²) in [5.41, 5.74) is 1.84. The van der Waals surface area contributed by atoms with Gasteiger partial charge >= 0.3 is 0 Å². The summed E-state index contributed by atoms with van der Waals surface area (Å²) in [5, 5.41) is 11.4. The summed E-state index contributed by atoms with van der Waals surface area (Å²) in [5.74, 6) is 0.0476. The molecule has 5 rings (SSSR count). The van der Waals surface area contributed by atoms with E-state index in [1.807, 2.05) is 30.3 Å². The molecule has 190 valence electrons. The Morgan fingerprint density at radius 1 is 1.08 bits per heavy atom. The van der Waals surface area contributed by atoms with Gasteiger partial charge in [-0.3, -0.25) is 14.6 Å². The van der Waals surface area contributed by atoms with Gasteiger partial charge in [-0.1, -0.05) is 31.5 Å². The highest BCUT2D eigenvalue weighted by molar-refractivity contribution is 6.46. The van der Waals surface area contributed by atoms with E-state index in [1.165, 1.54) is 4.90 Å². The Labute approximate surface area is 215 Å². The first-order valence-corrected chi connectivity index (χ1v) is 12.4. The molecular formula is C29H28N2O6. The molecule has 1 atom stereocenters. The second-order valence-corrected chi connectivity index (χ2v) is 8.92. The normalized spacial score (nSPS) is 18.2. The number of hydrogen-bond donors (Lipinski definition) is 1. The van der Waals surface area contributed by atoms with Gasteiger partial charge in [-0.15, -0.1) is 0 Å². The largest absolute Gasteiger partial charge is 0.507 e. The molecular weight excluding hydrogens is 472 g/mol. The van der Waals surface area contributed by atoms with Crippen LogP contribution in [0.25, 0.3) is 5.76 Å². The van der Waals surface area contributed by atoms with Crippen molar-refractivity contribution in [1.82, 2.24) is 9.88 Å². The van der Waals surface area contributed by atoms with E-state index in [1.54, 1.807) is 36.7 Å². The molecule has 0 bridgehead atoms. The van der Waals surface area contributed by atoms with Gasteiger partial charge < -0.3 is 24.2 Å². The fourth-order valence-electron chi connectivity index (χ4n) is 4.50. The molecule has 1 saturated heterocycles. The molecule has 2 aromatic carbocycles. The topological polar surface area (TPSA) is 98.2 Å². The lowest BCUT2D eigenvalue weighted by molar-refractivity contribution is -0.140. The van der Waals surface area contributed by atoms with Crippen molar-refractivity contribution in [3.05, 3.63) is 89.3 Å². The number of aromatic nitrogens is 1. The molecule has 3 aromatic rings. The zero-order valence-electron chi connectivity index (χ0n) is 20.6. The van der Waals surface area contributed by atoms with Crippen molar-refractivity contribution in [3.63, 3.8) is 0 Å². The van der Waals surface area contributed by atoms with Crippen molar-refractivity contribution in [2.45, 2.75) is 32.4 Å². The molecule has 1 amide bonds. The summed E-state index contributed by atoms with van der Waals surface area (Å²) in [4.78, 5) is 32.2. The van der Waals surface area contributed by atoms with Gasteiger partial charge in [0.2, 0.25) is 0 Å². The van der Waals surface area contributed by atoms with Gasteiger partial charge in [0.05, 0.1) is 18.2 Å². The second kappa shape index (κ2) is 10.7. The van der Waals surface area contributed by atoms with Gasteiger partial charge in [0.1, 0.15) is 24.7 Å². The molecule has 0 aliphatic carbocycles. The molecule has 2 aliphatic rings. The highest BCUT2D eigenvalue weighted by atomic mass is 16.6. The zero-order chi connectivity index (χ0) is 25.8. The quantitative estimate of drug-likeness (QED) is 0.208. The lowest BCUT2D eigenvalue weighted by atomic mass is 9.95. The molecule has 2 aliphatic heterocycles. The van der Waals surface area contributed by atoms with Gasteiger partial charge in [0, 0.05) is 24.5 Å². The van der Waals surface area contributed by atoms with Crippen LogP contribution in [0, 0.1) is 0 Å². The smallest absolute Gasteiger partial charge is 0.295 e. The van der Waals surface area contributed by atoms with E-state index in [4.69, 9.17) is 14.2 Å².